The van der Waals surface area contributed by atoms with E-state index in [1.54, 1.807) is 12.3 Å². The number of aromatic amines is 1. The number of aromatic nitrogens is 5. The summed E-state index contributed by atoms with van der Waals surface area (Å²) in [6.07, 6.45) is 2.49. The number of amides is 1. The van der Waals surface area contributed by atoms with Crippen molar-refractivity contribution in [1.29, 1.82) is 0 Å². The molecule has 5 rings (SSSR count). The van der Waals surface area contributed by atoms with Gasteiger partial charge in [-0.2, -0.15) is 10.2 Å². The molecule has 0 saturated carbocycles. The van der Waals surface area contributed by atoms with E-state index in [0.29, 0.717) is 52.8 Å². The van der Waals surface area contributed by atoms with Crippen LogP contribution in [-0.4, -0.2) is 44.1 Å². The van der Waals surface area contributed by atoms with Gasteiger partial charge in [0, 0.05) is 23.4 Å². The van der Waals surface area contributed by atoms with Crippen LogP contribution in [0.15, 0.2) is 36.5 Å². The minimum Gasteiger partial charge on any atom is -0.486 e. The molecule has 1 amide bonds. The van der Waals surface area contributed by atoms with Gasteiger partial charge in [-0.1, -0.05) is 6.92 Å². The summed E-state index contributed by atoms with van der Waals surface area (Å²) in [5, 5.41) is 15.1. The van der Waals surface area contributed by atoms with Gasteiger partial charge in [0.15, 0.2) is 23.0 Å². The van der Waals surface area contributed by atoms with Gasteiger partial charge in [0.25, 0.3) is 5.91 Å². The minimum absolute atomic E-state index is 0.0879. The molecule has 2 N–H and O–H groups in total. The van der Waals surface area contributed by atoms with Crippen LogP contribution in [0.1, 0.15) is 42.9 Å². The number of aryl methyl sites for hydroxylation is 1. The summed E-state index contributed by atoms with van der Waals surface area (Å²) < 4.78 is 13.2. The van der Waals surface area contributed by atoms with E-state index in [9.17, 15) is 4.79 Å². The normalized spacial score (nSPS) is 13.0. The lowest BCUT2D eigenvalue weighted by Crippen LogP contribution is -2.15. The third-order valence-electron chi connectivity index (χ3n) is 5.39. The molecule has 3 aromatic heterocycles. The monoisotopic (exact) mass is 432 g/mol. The summed E-state index contributed by atoms with van der Waals surface area (Å²) in [6, 6.07) is 9.37. The molecule has 0 spiro atoms. The molecule has 0 atom stereocenters. The highest BCUT2D eigenvalue weighted by atomic mass is 16.6. The van der Waals surface area contributed by atoms with Crippen LogP contribution in [0.4, 0.5) is 5.82 Å². The van der Waals surface area contributed by atoms with Gasteiger partial charge in [0.05, 0.1) is 22.8 Å². The lowest BCUT2D eigenvalue weighted by Gasteiger charge is -2.19. The predicted molar refractivity (Wildman–Crippen MR) is 120 cm³/mol. The first-order valence-electron chi connectivity index (χ1n) is 10.7. The van der Waals surface area contributed by atoms with Crippen molar-refractivity contribution >= 4 is 22.8 Å². The molecule has 0 aliphatic carbocycles. The van der Waals surface area contributed by atoms with Gasteiger partial charge in [0.2, 0.25) is 0 Å². The van der Waals surface area contributed by atoms with E-state index in [1.807, 2.05) is 49.7 Å². The molecule has 0 saturated heterocycles. The maximum atomic E-state index is 13.2. The molecule has 32 heavy (non-hydrogen) atoms. The van der Waals surface area contributed by atoms with Crippen LogP contribution < -0.4 is 14.8 Å². The zero-order valence-electron chi connectivity index (χ0n) is 18.2. The second kappa shape index (κ2) is 7.99. The number of carbonyl (C=O) groups excluding carboxylic acids is 1. The molecule has 0 unspecified atom stereocenters. The average molecular weight is 432 g/mol. The zero-order valence-corrected chi connectivity index (χ0v) is 18.2. The van der Waals surface area contributed by atoms with Crippen molar-refractivity contribution in [3.05, 3.63) is 47.8 Å². The molecule has 1 aromatic carbocycles. The molecule has 4 aromatic rings. The quantitative estimate of drug-likeness (QED) is 0.494. The van der Waals surface area contributed by atoms with E-state index < -0.39 is 0 Å². The van der Waals surface area contributed by atoms with Crippen molar-refractivity contribution < 1.29 is 14.3 Å². The van der Waals surface area contributed by atoms with Gasteiger partial charge in [-0.25, -0.2) is 9.67 Å². The molecular formula is C23H24N6O3. The van der Waals surface area contributed by atoms with Crippen molar-refractivity contribution in [3.8, 4) is 22.8 Å². The summed E-state index contributed by atoms with van der Waals surface area (Å²) in [5.74, 6) is 1.58. The Kier molecular flexibility index (Phi) is 5.01. The molecule has 0 fully saturated rings. The number of nitrogens with zero attached hydrogens (tertiary/aromatic N) is 4. The highest BCUT2D eigenvalue weighted by molar-refractivity contribution is 6.12. The Morgan fingerprint density at radius 3 is 2.75 bits per heavy atom. The van der Waals surface area contributed by atoms with Crippen LogP contribution >= 0.6 is 0 Å². The van der Waals surface area contributed by atoms with Gasteiger partial charge in [0.1, 0.15) is 13.2 Å². The van der Waals surface area contributed by atoms with Gasteiger partial charge in [-0.05, 0) is 44.5 Å². The standard InChI is InChI=1S/C23H24N6O3/c1-4-15-10-21(28-27-15)26-23(30)16-11-18(25-22-17(16)12-24-29(22)13(2)3)14-5-6-19-20(9-14)32-8-7-31-19/h5-6,9-13H,4,7-8H2,1-3H3,(H2,26,27,28,30). The molecule has 1 aliphatic rings. The topological polar surface area (TPSA) is 107 Å². The van der Waals surface area contributed by atoms with E-state index in [1.165, 1.54) is 0 Å². The number of hydrogen-bond donors (Lipinski definition) is 2. The van der Waals surface area contributed by atoms with Crippen molar-refractivity contribution in [2.24, 2.45) is 0 Å². The van der Waals surface area contributed by atoms with Crippen LogP contribution in [0, 0.1) is 0 Å². The van der Waals surface area contributed by atoms with Crippen molar-refractivity contribution in [1.82, 2.24) is 25.0 Å². The summed E-state index contributed by atoms with van der Waals surface area (Å²) in [5.41, 5.74) is 3.56. The Hall–Kier alpha value is -3.88. The number of hydrogen-bond acceptors (Lipinski definition) is 6. The molecule has 9 nitrogen and oxygen atoms in total. The summed E-state index contributed by atoms with van der Waals surface area (Å²) >= 11 is 0. The van der Waals surface area contributed by atoms with Crippen LogP contribution in [0.3, 0.4) is 0 Å². The molecule has 1 aliphatic heterocycles. The second-order valence-electron chi connectivity index (χ2n) is 7.92. The zero-order chi connectivity index (χ0) is 22.2. The molecule has 9 heteroatoms. The Morgan fingerprint density at radius 2 is 2.00 bits per heavy atom. The van der Waals surface area contributed by atoms with E-state index in [-0.39, 0.29) is 11.9 Å². The van der Waals surface area contributed by atoms with Crippen LogP contribution in [-0.2, 0) is 6.42 Å². The number of nitrogens with one attached hydrogen (secondary N) is 2. The van der Waals surface area contributed by atoms with Crippen LogP contribution in [0.5, 0.6) is 11.5 Å². The Balaban J connectivity index is 1.61. The van der Waals surface area contributed by atoms with Gasteiger partial charge >= 0.3 is 0 Å². The number of fused-ring (bicyclic) bond motifs is 2. The first-order chi connectivity index (χ1) is 15.5. The molecule has 0 radical (unpaired) electrons. The van der Waals surface area contributed by atoms with Crippen LogP contribution in [0.2, 0.25) is 0 Å². The summed E-state index contributed by atoms with van der Waals surface area (Å²) in [6.45, 7) is 7.11. The van der Waals surface area contributed by atoms with Crippen LogP contribution in [0.25, 0.3) is 22.3 Å². The average Bonchev–Trinajstić information content (AvgIpc) is 3.44. The third kappa shape index (κ3) is 3.55. The van der Waals surface area contributed by atoms with E-state index in [0.717, 1.165) is 17.7 Å². The Labute approximate surface area is 184 Å². The molecule has 4 heterocycles. The predicted octanol–water partition coefficient (Wildman–Crippen LogP) is 3.99. The number of rotatable bonds is 5. The van der Waals surface area contributed by atoms with Gasteiger partial charge in [-0.15, -0.1) is 0 Å². The maximum Gasteiger partial charge on any atom is 0.257 e. The first-order valence-corrected chi connectivity index (χ1v) is 10.7. The number of benzene rings is 1. The summed E-state index contributed by atoms with van der Waals surface area (Å²) in [4.78, 5) is 18.1. The maximum absolute atomic E-state index is 13.2. The fourth-order valence-corrected chi connectivity index (χ4v) is 3.72. The third-order valence-corrected chi connectivity index (χ3v) is 5.39. The van der Waals surface area contributed by atoms with Gasteiger partial charge in [-0.3, -0.25) is 9.89 Å². The van der Waals surface area contributed by atoms with Crippen molar-refractivity contribution in [3.63, 3.8) is 0 Å². The fraction of sp³-hybridized carbons (Fsp3) is 0.304. The Morgan fingerprint density at radius 1 is 1.19 bits per heavy atom. The SMILES string of the molecule is CCc1cc(NC(=O)c2cc(-c3ccc4c(c3)OCCO4)nc3c2cnn3C(C)C)n[nH]1. The molecule has 164 valence electrons. The number of anilines is 1. The molecular weight excluding hydrogens is 408 g/mol. The summed E-state index contributed by atoms with van der Waals surface area (Å²) in [7, 11) is 0. The van der Waals surface area contributed by atoms with E-state index >= 15 is 0 Å². The number of pyridine rings is 1. The van der Waals surface area contributed by atoms with Crippen molar-refractivity contribution in [2.45, 2.75) is 33.2 Å². The van der Waals surface area contributed by atoms with E-state index in [2.05, 4.69) is 20.6 Å². The molecule has 0 bridgehead atoms. The highest BCUT2D eigenvalue weighted by Gasteiger charge is 2.20. The first kappa shape index (κ1) is 20.0. The van der Waals surface area contributed by atoms with Gasteiger partial charge < -0.3 is 14.8 Å². The second-order valence-corrected chi connectivity index (χ2v) is 7.92. The van der Waals surface area contributed by atoms with Crippen molar-refractivity contribution in [2.75, 3.05) is 18.5 Å². The largest absolute Gasteiger partial charge is 0.486 e. The smallest absolute Gasteiger partial charge is 0.257 e. The minimum atomic E-state index is -0.270. The number of H-pyrrole nitrogens is 1. The lowest BCUT2D eigenvalue weighted by molar-refractivity contribution is 0.102. The Bertz CT molecular complexity index is 1310. The van der Waals surface area contributed by atoms with E-state index in [4.69, 9.17) is 14.5 Å². The number of carbonyl (C=O) groups is 1. The fourth-order valence-electron chi connectivity index (χ4n) is 3.72. The highest BCUT2D eigenvalue weighted by Crippen LogP contribution is 2.35. The number of ether oxygens (including phenoxy) is 2. The lowest BCUT2D eigenvalue weighted by atomic mass is 10.1.